The highest BCUT2D eigenvalue weighted by atomic mass is 32.1. The molecule has 1 amide bonds. The minimum Gasteiger partial charge on any atom is -0.359 e. The van der Waals surface area contributed by atoms with Crippen molar-refractivity contribution in [1.29, 1.82) is 0 Å². The lowest BCUT2D eigenvalue weighted by Gasteiger charge is -2.19. The van der Waals surface area contributed by atoms with E-state index in [1.165, 1.54) is 11.3 Å². The molecule has 0 saturated carbocycles. The van der Waals surface area contributed by atoms with Crippen molar-refractivity contribution in [1.82, 2.24) is 20.3 Å². The van der Waals surface area contributed by atoms with Gasteiger partial charge in [0.05, 0.1) is 10.3 Å². The topological polar surface area (TPSA) is 71.0 Å². The summed E-state index contributed by atoms with van der Waals surface area (Å²) in [4.78, 5) is 29.3. The molecule has 0 bridgehead atoms. The van der Waals surface area contributed by atoms with Gasteiger partial charge in [-0.2, -0.15) is 0 Å². The average molecular weight is 369 g/mol. The van der Waals surface area contributed by atoms with Crippen molar-refractivity contribution in [2.75, 3.05) is 18.5 Å². The number of aryl methyl sites for hydroxylation is 1. The van der Waals surface area contributed by atoms with Gasteiger partial charge in [0.15, 0.2) is 0 Å². The number of pyridine rings is 1. The number of amides is 1. The van der Waals surface area contributed by atoms with Gasteiger partial charge in [0, 0.05) is 37.9 Å². The number of aromatic nitrogens is 3. The van der Waals surface area contributed by atoms with Crippen LogP contribution in [0.3, 0.4) is 0 Å². The molecule has 3 aromatic rings. The average Bonchev–Trinajstić information content (AvgIpc) is 2.97. The van der Waals surface area contributed by atoms with Gasteiger partial charge in [0.2, 0.25) is 0 Å². The summed E-state index contributed by atoms with van der Waals surface area (Å²) < 4.78 is 0. The number of nitrogens with one attached hydrogen (secondary N) is 1. The number of carbonyl (C=O) groups excluding carboxylic acids is 1. The number of fused-ring (bicyclic) bond motifs is 1. The summed E-state index contributed by atoms with van der Waals surface area (Å²) in [7, 11) is 2.01. The lowest BCUT2D eigenvalue weighted by molar-refractivity contribution is 0.0947. The van der Waals surface area contributed by atoms with Crippen LogP contribution >= 0.6 is 11.3 Å². The molecule has 0 aromatic carbocycles. The number of hydrogen-bond donors (Lipinski definition) is 1. The molecule has 3 heterocycles. The number of anilines is 1. The first kappa shape index (κ1) is 18.3. The van der Waals surface area contributed by atoms with Crippen LogP contribution in [0.15, 0.2) is 30.7 Å². The molecule has 6 nitrogen and oxygen atoms in total. The Morgan fingerprint density at radius 1 is 1.27 bits per heavy atom. The predicted octanol–water partition coefficient (Wildman–Crippen LogP) is 3.21. The van der Waals surface area contributed by atoms with Crippen LogP contribution < -0.4 is 10.2 Å². The number of carbonyl (C=O) groups is 1. The van der Waals surface area contributed by atoms with Crippen molar-refractivity contribution < 1.29 is 4.79 Å². The fraction of sp³-hybridized carbons (Fsp3) is 0.368. The quantitative estimate of drug-likeness (QED) is 0.722. The van der Waals surface area contributed by atoms with Gasteiger partial charge in [-0.15, -0.1) is 11.3 Å². The van der Waals surface area contributed by atoms with Gasteiger partial charge in [-0.1, -0.05) is 6.07 Å². The van der Waals surface area contributed by atoms with Crippen molar-refractivity contribution in [3.8, 4) is 0 Å². The molecule has 1 N–H and O–H groups in total. The van der Waals surface area contributed by atoms with Crippen molar-refractivity contribution >= 4 is 33.3 Å². The number of likely N-dealkylation sites (N-methyl/N-ethyl adjacent to an activating group) is 1. The summed E-state index contributed by atoms with van der Waals surface area (Å²) in [5, 5.41) is 3.91. The summed E-state index contributed by atoms with van der Waals surface area (Å²) in [6.07, 6.45) is 4.20. The van der Waals surface area contributed by atoms with Crippen molar-refractivity contribution in [3.05, 3.63) is 46.9 Å². The van der Waals surface area contributed by atoms with Crippen LogP contribution in [-0.2, 0) is 6.42 Å². The third kappa shape index (κ3) is 3.83. The second-order valence-corrected chi connectivity index (χ2v) is 7.55. The Bertz CT molecular complexity index is 907. The highest BCUT2D eigenvalue weighted by Crippen LogP contribution is 2.34. The van der Waals surface area contributed by atoms with Crippen LogP contribution in [0.5, 0.6) is 0 Å². The van der Waals surface area contributed by atoms with Gasteiger partial charge >= 0.3 is 0 Å². The van der Waals surface area contributed by atoms with Gasteiger partial charge in [-0.25, -0.2) is 9.97 Å². The van der Waals surface area contributed by atoms with Gasteiger partial charge < -0.3 is 10.2 Å². The second kappa shape index (κ2) is 7.78. The molecule has 26 heavy (non-hydrogen) atoms. The minimum atomic E-state index is -0.0532. The molecule has 0 saturated heterocycles. The Hall–Kier alpha value is -2.54. The van der Waals surface area contributed by atoms with E-state index in [1.54, 1.807) is 12.5 Å². The fourth-order valence-corrected chi connectivity index (χ4v) is 3.87. The first-order valence-corrected chi connectivity index (χ1v) is 9.45. The third-order valence-electron chi connectivity index (χ3n) is 4.12. The third-order valence-corrected chi connectivity index (χ3v) is 5.32. The number of thiophene rings is 1. The molecule has 0 unspecified atom stereocenters. The smallest absolute Gasteiger partial charge is 0.261 e. The predicted molar refractivity (Wildman–Crippen MR) is 106 cm³/mol. The molecule has 0 radical (unpaired) electrons. The zero-order chi connectivity index (χ0) is 18.7. The minimum absolute atomic E-state index is 0.0532. The van der Waals surface area contributed by atoms with Crippen LogP contribution in [0, 0.1) is 6.92 Å². The van der Waals surface area contributed by atoms with Crippen molar-refractivity contribution in [3.63, 3.8) is 0 Å². The van der Waals surface area contributed by atoms with Crippen molar-refractivity contribution in [2.45, 2.75) is 33.2 Å². The van der Waals surface area contributed by atoms with Gasteiger partial charge in [0.25, 0.3) is 5.91 Å². The molecule has 136 valence electrons. The van der Waals surface area contributed by atoms with E-state index < -0.39 is 0 Å². The first-order chi connectivity index (χ1) is 12.5. The fourth-order valence-electron chi connectivity index (χ4n) is 2.82. The van der Waals surface area contributed by atoms with Crippen LogP contribution in [-0.4, -0.2) is 40.5 Å². The Labute approximate surface area is 157 Å². The molecular weight excluding hydrogens is 346 g/mol. The van der Waals surface area contributed by atoms with E-state index in [0.29, 0.717) is 4.88 Å². The summed E-state index contributed by atoms with van der Waals surface area (Å²) in [6, 6.07) is 6.03. The van der Waals surface area contributed by atoms with E-state index in [2.05, 4.69) is 25.2 Å². The van der Waals surface area contributed by atoms with Gasteiger partial charge in [-0.3, -0.25) is 9.78 Å². The van der Waals surface area contributed by atoms with Crippen molar-refractivity contribution in [2.24, 2.45) is 0 Å². The number of hydrogen-bond acceptors (Lipinski definition) is 6. The Kier molecular flexibility index (Phi) is 5.46. The SMILES string of the molecule is Cc1c(C(=O)NC(C)C)sc2ncnc(N(C)CCc3ccccn3)c12. The molecule has 0 aliphatic rings. The van der Waals surface area contributed by atoms with Gasteiger partial charge in [-0.05, 0) is 38.5 Å². The number of rotatable bonds is 6. The summed E-state index contributed by atoms with van der Waals surface area (Å²) in [5.41, 5.74) is 1.98. The molecular formula is C19H23N5OS. The zero-order valence-corrected chi connectivity index (χ0v) is 16.3. The second-order valence-electron chi connectivity index (χ2n) is 6.55. The van der Waals surface area contributed by atoms with Crippen LogP contribution in [0.25, 0.3) is 10.2 Å². The van der Waals surface area contributed by atoms with Gasteiger partial charge in [0.1, 0.15) is 17.0 Å². The standard InChI is InChI=1S/C19H23N5OS/c1-12(2)23-18(25)16-13(3)15-17(21-11-22-19(15)26-16)24(4)10-8-14-7-5-6-9-20-14/h5-7,9,11-12H,8,10H2,1-4H3,(H,23,25). The molecule has 0 spiro atoms. The maximum Gasteiger partial charge on any atom is 0.261 e. The highest BCUT2D eigenvalue weighted by molar-refractivity contribution is 7.20. The monoisotopic (exact) mass is 369 g/mol. The largest absolute Gasteiger partial charge is 0.359 e. The summed E-state index contributed by atoms with van der Waals surface area (Å²) in [6.45, 7) is 6.66. The first-order valence-electron chi connectivity index (χ1n) is 8.63. The maximum atomic E-state index is 12.5. The zero-order valence-electron chi connectivity index (χ0n) is 15.5. The van der Waals surface area contributed by atoms with E-state index in [9.17, 15) is 4.79 Å². The molecule has 3 rings (SSSR count). The molecule has 0 fully saturated rings. The molecule has 7 heteroatoms. The summed E-state index contributed by atoms with van der Waals surface area (Å²) in [5.74, 6) is 0.797. The van der Waals surface area contributed by atoms with E-state index in [1.807, 2.05) is 46.0 Å². The molecule has 3 aromatic heterocycles. The summed E-state index contributed by atoms with van der Waals surface area (Å²) >= 11 is 1.42. The lowest BCUT2D eigenvalue weighted by Crippen LogP contribution is -2.29. The molecule has 0 aliphatic carbocycles. The Morgan fingerprint density at radius 3 is 2.77 bits per heavy atom. The van der Waals surface area contributed by atoms with E-state index in [0.717, 1.165) is 40.3 Å². The Balaban J connectivity index is 1.88. The number of nitrogens with zero attached hydrogens (tertiary/aromatic N) is 4. The lowest BCUT2D eigenvalue weighted by atomic mass is 10.1. The maximum absolute atomic E-state index is 12.5. The van der Waals surface area contributed by atoms with Crippen LogP contribution in [0.4, 0.5) is 5.82 Å². The van der Waals surface area contributed by atoms with Crippen LogP contribution in [0.2, 0.25) is 0 Å². The Morgan fingerprint density at radius 2 is 2.08 bits per heavy atom. The molecule has 0 atom stereocenters. The highest BCUT2D eigenvalue weighted by Gasteiger charge is 2.21. The normalized spacial score (nSPS) is 11.1. The van der Waals surface area contributed by atoms with E-state index in [-0.39, 0.29) is 11.9 Å². The molecule has 0 aliphatic heterocycles. The van der Waals surface area contributed by atoms with Crippen LogP contribution in [0.1, 0.15) is 34.8 Å². The van der Waals surface area contributed by atoms with E-state index >= 15 is 0 Å². The van der Waals surface area contributed by atoms with E-state index in [4.69, 9.17) is 0 Å².